The van der Waals surface area contributed by atoms with Crippen LogP contribution in [0.4, 0.5) is 0 Å². The number of benzene rings is 1. The monoisotopic (exact) mass is 302 g/mol. The third-order valence-corrected chi connectivity index (χ3v) is 3.94. The van der Waals surface area contributed by atoms with Crippen molar-refractivity contribution >= 4 is 22.7 Å². The number of likely N-dealkylation sites (N-methyl/N-ethyl adjacent to an activating group) is 1. The second-order valence-electron chi connectivity index (χ2n) is 5.50. The zero-order valence-electron chi connectivity index (χ0n) is 12.5. The quantitative estimate of drug-likeness (QED) is 0.847. The van der Waals surface area contributed by atoms with E-state index in [1.54, 1.807) is 18.9 Å². The van der Waals surface area contributed by atoms with Crippen LogP contribution in [-0.4, -0.2) is 59.3 Å². The van der Waals surface area contributed by atoms with E-state index in [-0.39, 0.29) is 18.4 Å². The number of nitrogens with one attached hydrogen (secondary N) is 2. The molecule has 1 unspecified atom stereocenters. The maximum absolute atomic E-state index is 12.7. The molecule has 2 amide bonds. The predicted molar refractivity (Wildman–Crippen MR) is 80.4 cm³/mol. The largest absolute Gasteiger partial charge is 0.362 e. The molecule has 0 aliphatic carbocycles. The molecular formula is C15H18N4O3. The van der Waals surface area contributed by atoms with Crippen molar-refractivity contribution in [1.82, 2.24) is 20.4 Å². The van der Waals surface area contributed by atoms with Crippen molar-refractivity contribution in [2.24, 2.45) is 0 Å². The fourth-order valence-electron chi connectivity index (χ4n) is 2.72. The SMILES string of the molecule is CNC(=O)C1(C)CN(C(=O)c2n[nH]c3ccccc23)CCO1. The summed E-state index contributed by atoms with van der Waals surface area (Å²) in [5.74, 6) is -0.437. The second-order valence-corrected chi connectivity index (χ2v) is 5.50. The van der Waals surface area contributed by atoms with E-state index in [9.17, 15) is 9.59 Å². The number of H-pyrrole nitrogens is 1. The summed E-state index contributed by atoms with van der Waals surface area (Å²) in [6.07, 6.45) is 0. The summed E-state index contributed by atoms with van der Waals surface area (Å²) in [6, 6.07) is 7.46. The molecule has 116 valence electrons. The van der Waals surface area contributed by atoms with Gasteiger partial charge in [0.25, 0.3) is 11.8 Å². The van der Waals surface area contributed by atoms with Gasteiger partial charge in [-0.25, -0.2) is 0 Å². The Morgan fingerprint density at radius 1 is 1.41 bits per heavy atom. The number of nitrogens with zero attached hydrogens (tertiary/aromatic N) is 2. The summed E-state index contributed by atoms with van der Waals surface area (Å²) in [5.41, 5.74) is 0.152. The van der Waals surface area contributed by atoms with Gasteiger partial charge >= 0.3 is 0 Å². The minimum absolute atomic E-state index is 0.198. The number of amides is 2. The number of morpholine rings is 1. The van der Waals surface area contributed by atoms with Crippen molar-refractivity contribution in [2.45, 2.75) is 12.5 Å². The van der Waals surface area contributed by atoms with Crippen molar-refractivity contribution < 1.29 is 14.3 Å². The Balaban J connectivity index is 1.87. The van der Waals surface area contributed by atoms with Gasteiger partial charge in [0.05, 0.1) is 18.7 Å². The van der Waals surface area contributed by atoms with Gasteiger partial charge in [-0.3, -0.25) is 14.7 Å². The Kier molecular flexibility index (Phi) is 3.58. The van der Waals surface area contributed by atoms with Crippen LogP contribution in [-0.2, 0) is 9.53 Å². The van der Waals surface area contributed by atoms with Crippen LogP contribution in [0.3, 0.4) is 0 Å². The Bertz CT molecular complexity index is 726. The smallest absolute Gasteiger partial charge is 0.275 e. The van der Waals surface area contributed by atoms with Crippen molar-refractivity contribution in [3.63, 3.8) is 0 Å². The minimum Gasteiger partial charge on any atom is -0.362 e. The van der Waals surface area contributed by atoms with Crippen LogP contribution < -0.4 is 5.32 Å². The average Bonchev–Trinajstić information content (AvgIpc) is 2.97. The lowest BCUT2D eigenvalue weighted by molar-refractivity contribution is -0.153. The molecule has 0 saturated carbocycles. The molecule has 1 fully saturated rings. The Labute approximate surface area is 127 Å². The van der Waals surface area contributed by atoms with Gasteiger partial charge in [-0.1, -0.05) is 18.2 Å². The van der Waals surface area contributed by atoms with E-state index in [0.717, 1.165) is 10.9 Å². The van der Waals surface area contributed by atoms with Gasteiger partial charge in [-0.2, -0.15) is 5.10 Å². The van der Waals surface area contributed by atoms with Crippen LogP contribution in [0.15, 0.2) is 24.3 Å². The Morgan fingerprint density at radius 3 is 2.95 bits per heavy atom. The first-order valence-corrected chi connectivity index (χ1v) is 7.14. The molecule has 1 atom stereocenters. The number of ether oxygens (including phenoxy) is 1. The molecule has 2 aromatic rings. The predicted octanol–water partition coefficient (Wildman–Crippen LogP) is 0.540. The Morgan fingerprint density at radius 2 is 2.18 bits per heavy atom. The van der Waals surface area contributed by atoms with Gasteiger partial charge in [0, 0.05) is 19.0 Å². The lowest BCUT2D eigenvalue weighted by Gasteiger charge is -2.38. The molecular weight excluding hydrogens is 284 g/mol. The van der Waals surface area contributed by atoms with Crippen molar-refractivity contribution in [3.05, 3.63) is 30.0 Å². The number of para-hydroxylation sites is 1. The normalized spacial score (nSPS) is 21.8. The van der Waals surface area contributed by atoms with Crippen molar-refractivity contribution in [3.8, 4) is 0 Å². The van der Waals surface area contributed by atoms with E-state index in [1.165, 1.54) is 0 Å². The molecule has 1 aliphatic rings. The van der Waals surface area contributed by atoms with E-state index in [1.807, 2.05) is 24.3 Å². The third kappa shape index (κ3) is 2.33. The fourth-order valence-corrected chi connectivity index (χ4v) is 2.72. The highest BCUT2D eigenvalue weighted by Crippen LogP contribution is 2.22. The first kappa shape index (κ1) is 14.5. The molecule has 1 saturated heterocycles. The molecule has 7 heteroatoms. The number of carbonyl (C=O) groups excluding carboxylic acids is 2. The van der Waals surface area contributed by atoms with E-state index >= 15 is 0 Å². The molecule has 1 aromatic carbocycles. The van der Waals surface area contributed by atoms with Crippen LogP contribution in [0.2, 0.25) is 0 Å². The first-order valence-electron chi connectivity index (χ1n) is 7.14. The van der Waals surface area contributed by atoms with Crippen LogP contribution in [0.1, 0.15) is 17.4 Å². The molecule has 0 radical (unpaired) electrons. The maximum atomic E-state index is 12.7. The summed E-state index contributed by atoms with van der Waals surface area (Å²) in [7, 11) is 1.55. The molecule has 1 aromatic heterocycles. The molecule has 3 rings (SSSR count). The molecule has 22 heavy (non-hydrogen) atoms. The fraction of sp³-hybridized carbons (Fsp3) is 0.400. The summed E-state index contributed by atoms with van der Waals surface area (Å²) in [6.45, 7) is 2.64. The number of aromatic nitrogens is 2. The van der Waals surface area contributed by atoms with Crippen molar-refractivity contribution in [2.75, 3.05) is 26.7 Å². The molecule has 1 aliphatic heterocycles. The summed E-state index contributed by atoms with van der Waals surface area (Å²) in [4.78, 5) is 26.3. The lowest BCUT2D eigenvalue weighted by Crippen LogP contribution is -2.58. The summed E-state index contributed by atoms with van der Waals surface area (Å²) < 4.78 is 5.57. The number of rotatable bonds is 2. The van der Waals surface area contributed by atoms with Crippen molar-refractivity contribution in [1.29, 1.82) is 0 Å². The molecule has 0 spiro atoms. The van der Waals surface area contributed by atoms with E-state index < -0.39 is 5.60 Å². The number of fused-ring (bicyclic) bond motifs is 1. The first-order chi connectivity index (χ1) is 10.5. The maximum Gasteiger partial charge on any atom is 0.275 e. The zero-order chi connectivity index (χ0) is 15.7. The van der Waals surface area contributed by atoms with Gasteiger partial charge in [-0.15, -0.1) is 0 Å². The van der Waals surface area contributed by atoms with Gasteiger partial charge in [-0.05, 0) is 13.0 Å². The van der Waals surface area contributed by atoms with Crippen LogP contribution in [0, 0.1) is 0 Å². The lowest BCUT2D eigenvalue weighted by atomic mass is 10.0. The van der Waals surface area contributed by atoms with Gasteiger partial charge < -0.3 is 15.0 Å². The molecule has 2 N–H and O–H groups in total. The van der Waals surface area contributed by atoms with E-state index in [0.29, 0.717) is 18.8 Å². The van der Waals surface area contributed by atoms with Gasteiger partial charge in [0.15, 0.2) is 11.3 Å². The second kappa shape index (κ2) is 5.42. The standard InChI is InChI=1S/C15H18N4O3/c1-15(14(21)16-2)9-19(7-8-22-15)13(20)12-10-5-3-4-6-11(10)17-18-12/h3-6H,7-9H2,1-2H3,(H,16,21)(H,17,18). The summed E-state index contributed by atoms with van der Waals surface area (Å²) >= 11 is 0. The molecule has 2 heterocycles. The zero-order valence-corrected chi connectivity index (χ0v) is 12.5. The third-order valence-electron chi connectivity index (χ3n) is 3.94. The van der Waals surface area contributed by atoms with Crippen LogP contribution >= 0.6 is 0 Å². The number of hydrogen-bond donors (Lipinski definition) is 2. The number of aromatic amines is 1. The van der Waals surface area contributed by atoms with Gasteiger partial charge in [0.2, 0.25) is 0 Å². The van der Waals surface area contributed by atoms with E-state index in [2.05, 4.69) is 15.5 Å². The topological polar surface area (TPSA) is 87.3 Å². The van der Waals surface area contributed by atoms with Crippen LogP contribution in [0.5, 0.6) is 0 Å². The average molecular weight is 302 g/mol. The Hall–Kier alpha value is -2.41. The minimum atomic E-state index is -1.03. The molecule has 7 nitrogen and oxygen atoms in total. The summed E-state index contributed by atoms with van der Waals surface area (Å²) in [5, 5.41) is 10.3. The van der Waals surface area contributed by atoms with E-state index in [4.69, 9.17) is 4.74 Å². The number of hydrogen-bond acceptors (Lipinski definition) is 4. The highest BCUT2D eigenvalue weighted by Gasteiger charge is 2.40. The highest BCUT2D eigenvalue weighted by molar-refractivity contribution is 6.04. The van der Waals surface area contributed by atoms with Gasteiger partial charge in [0.1, 0.15) is 0 Å². The number of carbonyl (C=O) groups is 2. The van der Waals surface area contributed by atoms with Crippen LogP contribution in [0.25, 0.3) is 10.9 Å². The molecule has 0 bridgehead atoms. The highest BCUT2D eigenvalue weighted by atomic mass is 16.5.